The lowest BCUT2D eigenvalue weighted by molar-refractivity contribution is 0.0935. The molecule has 0 spiro atoms. The quantitative estimate of drug-likeness (QED) is 0.820. The molecule has 128 valence electrons. The predicted octanol–water partition coefficient (Wildman–Crippen LogP) is 2.86. The molecule has 1 aliphatic carbocycles. The smallest absolute Gasteiger partial charge is 0.251 e. The van der Waals surface area contributed by atoms with Gasteiger partial charge in [0.25, 0.3) is 5.91 Å². The molecule has 2 N–H and O–H groups in total. The van der Waals surface area contributed by atoms with Gasteiger partial charge < -0.3 is 9.73 Å². The van der Waals surface area contributed by atoms with Gasteiger partial charge in [0.2, 0.25) is 10.0 Å². The molecule has 0 saturated heterocycles. The number of furan rings is 1. The van der Waals surface area contributed by atoms with Crippen molar-refractivity contribution in [3.63, 3.8) is 0 Å². The summed E-state index contributed by atoms with van der Waals surface area (Å²) in [7, 11) is -3.74. The number of rotatable bonds is 6. The monoisotopic (exact) mass is 368 g/mol. The third-order valence-corrected chi connectivity index (χ3v) is 5.70. The number of amides is 1. The minimum Gasteiger partial charge on any atom is -0.467 e. The number of halogens is 1. The Balaban J connectivity index is 1.81. The summed E-state index contributed by atoms with van der Waals surface area (Å²) in [5.74, 6) is 0.207. The fraction of sp³-hybridized carbons (Fsp3) is 0.312. The van der Waals surface area contributed by atoms with Crippen molar-refractivity contribution >= 4 is 27.5 Å². The molecule has 6 nitrogen and oxygen atoms in total. The van der Waals surface area contributed by atoms with Crippen LogP contribution < -0.4 is 10.0 Å². The number of sulfonamides is 1. The van der Waals surface area contributed by atoms with E-state index in [1.165, 1.54) is 24.5 Å². The first-order valence-corrected chi connectivity index (χ1v) is 9.39. The van der Waals surface area contributed by atoms with Crippen LogP contribution >= 0.6 is 11.6 Å². The topological polar surface area (TPSA) is 88.4 Å². The van der Waals surface area contributed by atoms with Gasteiger partial charge in [-0.05, 0) is 50.1 Å². The Labute approximate surface area is 145 Å². The Morgan fingerprint density at radius 2 is 2.08 bits per heavy atom. The lowest BCUT2D eigenvalue weighted by Gasteiger charge is -2.13. The number of hydrogen-bond acceptors (Lipinski definition) is 4. The molecule has 1 atom stereocenters. The van der Waals surface area contributed by atoms with Crippen molar-refractivity contribution in [2.45, 2.75) is 36.7 Å². The van der Waals surface area contributed by atoms with Gasteiger partial charge in [-0.15, -0.1) is 0 Å². The summed E-state index contributed by atoms with van der Waals surface area (Å²) < 4.78 is 32.5. The number of nitrogens with one attached hydrogen (secondary N) is 2. The summed E-state index contributed by atoms with van der Waals surface area (Å²) in [6.45, 7) is 1.78. The lowest BCUT2D eigenvalue weighted by Crippen LogP contribution is -2.28. The van der Waals surface area contributed by atoms with Crippen LogP contribution in [-0.2, 0) is 10.0 Å². The van der Waals surface area contributed by atoms with Crippen molar-refractivity contribution in [2.24, 2.45) is 0 Å². The van der Waals surface area contributed by atoms with E-state index in [-0.39, 0.29) is 27.6 Å². The maximum Gasteiger partial charge on any atom is 0.251 e. The van der Waals surface area contributed by atoms with Gasteiger partial charge >= 0.3 is 0 Å². The van der Waals surface area contributed by atoms with E-state index in [9.17, 15) is 13.2 Å². The first-order valence-electron chi connectivity index (χ1n) is 7.53. The molecule has 24 heavy (non-hydrogen) atoms. The number of hydrogen-bond donors (Lipinski definition) is 2. The Kier molecular flexibility index (Phi) is 4.67. The van der Waals surface area contributed by atoms with Gasteiger partial charge in [0, 0.05) is 11.6 Å². The summed E-state index contributed by atoms with van der Waals surface area (Å²) in [5, 5.41) is 2.84. The third-order valence-electron chi connectivity index (χ3n) is 3.70. The second kappa shape index (κ2) is 6.58. The summed E-state index contributed by atoms with van der Waals surface area (Å²) >= 11 is 6.01. The minimum absolute atomic E-state index is 0.0393. The highest BCUT2D eigenvalue weighted by atomic mass is 35.5. The number of carbonyl (C=O) groups excluding carboxylic acids is 1. The van der Waals surface area contributed by atoms with Crippen molar-refractivity contribution in [2.75, 3.05) is 0 Å². The van der Waals surface area contributed by atoms with Crippen LogP contribution in [0.4, 0.5) is 0 Å². The maximum atomic E-state index is 12.4. The molecule has 1 aliphatic rings. The zero-order valence-corrected chi connectivity index (χ0v) is 14.5. The van der Waals surface area contributed by atoms with Gasteiger partial charge in [-0.2, -0.15) is 0 Å². The molecule has 8 heteroatoms. The van der Waals surface area contributed by atoms with Crippen molar-refractivity contribution in [3.8, 4) is 0 Å². The first kappa shape index (κ1) is 17.0. The zero-order valence-electron chi connectivity index (χ0n) is 13.0. The number of carbonyl (C=O) groups is 1. The molecule has 1 fully saturated rings. The second-order valence-corrected chi connectivity index (χ2v) is 7.84. The van der Waals surface area contributed by atoms with Gasteiger partial charge in [0.15, 0.2) is 0 Å². The van der Waals surface area contributed by atoms with Crippen LogP contribution in [0.2, 0.25) is 5.02 Å². The molecule has 0 radical (unpaired) electrons. The summed E-state index contributed by atoms with van der Waals surface area (Å²) in [6, 6.07) is 7.29. The molecule has 1 aromatic heterocycles. The second-order valence-electron chi connectivity index (χ2n) is 5.75. The Hall–Kier alpha value is -1.83. The van der Waals surface area contributed by atoms with E-state index in [0.717, 1.165) is 12.8 Å². The Morgan fingerprint density at radius 1 is 1.33 bits per heavy atom. The van der Waals surface area contributed by atoms with Crippen LogP contribution in [0.15, 0.2) is 45.9 Å². The summed E-state index contributed by atoms with van der Waals surface area (Å²) in [5.41, 5.74) is 0.217. The van der Waals surface area contributed by atoms with Gasteiger partial charge in [0.1, 0.15) is 10.7 Å². The molecule has 1 aromatic carbocycles. The fourth-order valence-electron chi connectivity index (χ4n) is 2.22. The van der Waals surface area contributed by atoms with Crippen LogP contribution in [0.3, 0.4) is 0 Å². The van der Waals surface area contributed by atoms with Gasteiger partial charge in [-0.1, -0.05) is 11.6 Å². The molecule has 1 amide bonds. The van der Waals surface area contributed by atoms with Crippen LogP contribution in [0.1, 0.15) is 41.9 Å². The normalized spacial score (nSPS) is 15.9. The van der Waals surface area contributed by atoms with E-state index in [1.807, 2.05) is 0 Å². The zero-order chi connectivity index (χ0) is 17.3. The van der Waals surface area contributed by atoms with E-state index in [1.54, 1.807) is 19.1 Å². The van der Waals surface area contributed by atoms with E-state index in [2.05, 4.69) is 10.0 Å². The molecule has 3 rings (SSSR count). The molecule has 0 aliphatic heterocycles. The van der Waals surface area contributed by atoms with E-state index in [0.29, 0.717) is 5.76 Å². The Bertz CT molecular complexity index is 845. The van der Waals surface area contributed by atoms with Crippen molar-refractivity contribution in [3.05, 3.63) is 52.9 Å². The van der Waals surface area contributed by atoms with Gasteiger partial charge in [-0.3, -0.25) is 4.79 Å². The lowest BCUT2D eigenvalue weighted by atomic mass is 10.2. The molecule has 0 bridgehead atoms. The molecule has 1 saturated carbocycles. The van der Waals surface area contributed by atoms with Crippen LogP contribution in [-0.4, -0.2) is 20.4 Å². The highest BCUT2D eigenvalue weighted by molar-refractivity contribution is 7.89. The molecular weight excluding hydrogens is 352 g/mol. The molecule has 2 aromatic rings. The van der Waals surface area contributed by atoms with E-state index in [4.69, 9.17) is 16.0 Å². The third kappa shape index (κ3) is 3.80. The SMILES string of the molecule is C[C@@H](NC(=O)c1ccc(Cl)c(S(=O)(=O)NC2CC2)c1)c1ccco1. The standard InChI is InChI=1S/C16H17ClN2O4S/c1-10(14-3-2-8-23-14)18-16(20)11-4-7-13(17)15(9-11)24(21,22)19-12-5-6-12/h2-4,7-10,12,19H,5-6H2,1H3,(H,18,20)/t10-/m1/s1. The molecule has 0 unspecified atom stereocenters. The predicted molar refractivity (Wildman–Crippen MR) is 89.4 cm³/mol. The van der Waals surface area contributed by atoms with Crippen LogP contribution in [0, 0.1) is 0 Å². The first-order chi connectivity index (χ1) is 11.4. The van der Waals surface area contributed by atoms with Crippen molar-refractivity contribution in [1.82, 2.24) is 10.0 Å². The summed E-state index contributed by atoms with van der Waals surface area (Å²) in [4.78, 5) is 12.3. The van der Waals surface area contributed by atoms with Crippen molar-refractivity contribution in [1.29, 1.82) is 0 Å². The highest BCUT2D eigenvalue weighted by Crippen LogP contribution is 2.27. The van der Waals surface area contributed by atoms with Gasteiger partial charge in [0.05, 0.1) is 17.3 Å². The van der Waals surface area contributed by atoms with Crippen LogP contribution in [0.25, 0.3) is 0 Å². The average Bonchev–Trinajstić information content (AvgIpc) is 3.15. The summed E-state index contributed by atoms with van der Waals surface area (Å²) in [6.07, 6.45) is 3.16. The highest BCUT2D eigenvalue weighted by Gasteiger charge is 2.29. The molecule has 1 heterocycles. The fourth-order valence-corrected chi connectivity index (χ4v) is 4.05. The minimum atomic E-state index is -3.74. The van der Waals surface area contributed by atoms with Crippen molar-refractivity contribution < 1.29 is 17.6 Å². The van der Waals surface area contributed by atoms with E-state index >= 15 is 0 Å². The van der Waals surface area contributed by atoms with E-state index < -0.39 is 15.9 Å². The van der Waals surface area contributed by atoms with Gasteiger partial charge in [-0.25, -0.2) is 13.1 Å². The van der Waals surface area contributed by atoms with Crippen LogP contribution in [0.5, 0.6) is 0 Å². The largest absolute Gasteiger partial charge is 0.467 e. The Morgan fingerprint density at radius 3 is 2.71 bits per heavy atom. The maximum absolute atomic E-state index is 12.4. The molecular formula is C16H17ClN2O4S. The number of benzene rings is 1. The average molecular weight is 369 g/mol.